The van der Waals surface area contributed by atoms with Crippen LogP contribution in [0.5, 0.6) is 0 Å². The Kier molecular flexibility index (Phi) is 8.12. The Morgan fingerprint density at radius 3 is 2.27 bits per heavy atom. The number of carbonyl (C=O) groups is 2. The number of nitrogens with zero attached hydrogens (tertiary/aromatic N) is 2. The lowest BCUT2D eigenvalue weighted by atomic mass is 10.3. The largest absolute Gasteiger partial charge is 0.342 e. The van der Waals surface area contributed by atoms with Crippen molar-refractivity contribution in [3.63, 3.8) is 0 Å². The minimum absolute atomic E-state index is 0.00944. The van der Waals surface area contributed by atoms with E-state index in [-0.39, 0.29) is 11.8 Å². The average molecular weight is 370 g/mol. The molecule has 2 amide bonds. The number of carbonyl (C=O) groups excluding carboxylic acids is 2. The summed E-state index contributed by atoms with van der Waals surface area (Å²) in [5.41, 5.74) is 0.759. The van der Waals surface area contributed by atoms with Crippen LogP contribution in [0, 0.1) is 0 Å². The van der Waals surface area contributed by atoms with Crippen LogP contribution in [0.2, 0.25) is 0 Å². The van der Waals surface area contributed by atoms with E-state index in [1.54, 1.807) is 11.8 Å². The van der Waals surface area contributed by atoms with E-state index in [1.807, 2.05) is 38.4 Å². The maximum atomic E-state index is 11.9. The summed E-state index contributed by atoms with van der Waals surface area (Å²) in [5, 5.41) is 2.83. The van der Waals surface area contributed by atoms with Crippen molar-refractivity contribution in [1.29, 1.82) is 0 Å². The maximum absolute atomic E-state index is 11.9. The van der Waals surface area contributed by atoms with Gasteiger partial charge in [-0.2, -0.15) is 0 Å². The fourth-order valence-corrected chi connectivity index (χ4v) is 2.26. The van der Waals surface area contributed by atoms with Crippen LogP contribution in [0.3, 0.4) is 0 Å². The molecule has 0 saturated carbocycles. The second-order valence-corrected chi connectivity index (χ2v) is 6.38. The first-order chi connectivity index (χ1) is 10.4. The second kappa shape index (κ2) is 9.58. The summed E-state index contributed by atoms with van der Waals surface area (Å²) in [6.45, 7) is 3.60. The molecule has 122 valence electrons. The molecule has 1 rings (SSSR count). The van der Waals surface area contributed by atoms with Gasteiger partial charge in [0.1, 0.15) is 0 Å². The topological polar surface area (TPSA) is 52.7 Å². The van der Waals surface area contributed by atoms with E-state index >= 15 is 0 Å². The summed E-state index contributed by atoms with van der Waals surface area (Å²) in [7, 11) is 4.01. The summed E-state index contributed by atoms with van der Waals surface area (Å²) in [5.74, 6) is -0.0728. The lowest BCUT2D eigenvalue weighted by Crippen LogP contribution is -2.34. The molecule has 5 nitrogen and oxygen atoms in total. The van der Waals surface area contributed by atoms with E-state index in [4.69, 9.17) is 0 Å². The van der Waals surface area contributed by atoms with Gasteiger partial charge in [0.05, 0.1) is 0 Å². The van der Waals surface area contributed by atoms with Gasteiger partial charge in [0.2, 0.25) is 11.8 Å². The van der Waals surface area contributed by atoms with Crippen LogP contribution in [0.25, 0.3) is 0 Å². The predicted molar refractivity (Wildman–Crippen MR) is 92.8 cm³/mol. The molecule has 0 radical (unpaired) electrons. The van der Waals surface area contributed by atoms with E-state index in [1.165, 1.54) is 0 Å². The minimum Gasteiger partial charge on any atom is -0.342 e. The van der Waals surface area contributed by atoms with Crippen molar-refractivity contribution >= 4 is 33.4 Å². The molecule has 0 heterocycles. The summed E-state index contributed by atoms with van der Waals surface area (Å²) in [6, 6.07) is 7.42. The predicted octanol–water partition coefficient (Wildman–Crippen LogP) is 2.58. The van der Waals surface area contributed by atoms with Crippen molar-refractivity contribution in [2.75, 3.05) is 39.0 Å². The standard InChI is InChI=1S/C16H24BrN3O2/c1-13(21)20(11-4-10-19(2)3)12-9-16(22)18-15-7-5-14(17)6-8-15/h5-8H,4,9-12H2,1-3H3,(H,18,22). The smallest absolute Gasteiger partial charge is 0.226 e. The molecule has 0 bridgehead atoms. The Labute approximate surface area is 140 Å². The SMILES string of the molecule is CC(=O)N(CCCN(C)C)CCC(=O)Nc1ccc(Br)cc1. The highest BCUT2D eigenvalue weighted by molar-refractivity contribution is 9.10. The normalized spacial score (nSPS) is 10.6. The van der Waals surface area contributed by atoms with Crippen LogP contribution in [0.4, 0.5) is 5.69 Å². The first-order valence-electron chi connectivity index (χ1n) is 7.34. The molecule has 1 aromatic rings. The molecule has 0 spiro atoms. The molecule has 0 unspecified atom stereocenters. The number of rotatable bonds is 8. The van der Waals surface area contributed by atoms with Gasteiger partial charge in [-0.1, -0.05) is 15.9 Å². The highest BCUT2D eigenvalue weighted by atomic mass is 79.9. The zero-order valence-electron chi connectivity index (χ0n) is 13.4. The first kappa shape index (κ1) is 18.6. The number of halogens is 1. The Hall–Kier alpha value is -1.40. The Morgan fingerprint density at radius 1 is 1.09 bits per heavy atom. The van der Waals surface area contributed by atoms with Crippen molar-refractivity contribution in [3.05, 3.63) is 28.7 Å². The molecular formula is C16H24BrN3O2. The molecule has 22 heavy (non-hydrogen) atoms. The minimum atomic E-state index is -0.0822. The lowest BCUT2D eigenvalue weighted by Gasteiger charge is -2.21. The number of anilines is 1. The number of nitrogens with one attached hydrogen (secondary N) is 1. The summed E-state index contributed by atoms with van der Waals surface area (Å²) < 4.78 is 0.967. The van der Waals surface area contributed by atoms with Gasteiger partial charge in [-0.05, 0) is 51.3 Å². The molecule has 0 saturated heterocycles. The van der Waals surface area contributed by atoms with Crippen molar-refractivity contribution in [2.24, 2.45) is 0 Å². The van der Waals surface area contributed by atoms with Crippen LogP contribution in [0.15, 0.2) is 28.7 Å². The molecule has 1 aromatic carbocycles. The Bertz CT molecular complexity index is 489. The average Bonchev–Trinajstić information content (AvgIpc) is 2.44. The van der Waals surface area contributed by atoms with Gasteiger partial charge in [0.15, 0.2) is 0 Å². The molecule has 0 atom stereocenters. The van der Waals surface area contributed by atoms with Gasteiger partial charge in [-0.25, -0.2) is 0 Å². The summed E-state index contributed by atoms with van der Waals surface area (Å²) in [4.78, 5) is 27.3. The van der Waals surface area contributed by atoms with E-state index in [2.05, 4.69) is 26.1 Å². The van der Waals surface area contributed by atoms with Crippen molar-refractivity contribution in [2.45, 2.75) is 19.8 Å². The molecule has 0 aliphatic heterocycles. The summed E-state index contributed by atoms with van der Waals surface area (Å²) in [6.07, 6.45) is 1.21. The molecule has 0 fully saturated rings. The van der Waals surface area contributed by atoms with Gasteiger partial charge in [0, 0.05) is 36.6 Å². The van der Waals surface area contributed by atoms with Gasteiger partial charge >= 0.3 is 0 Å². The van der Waals surface area contributed by atoms with Gasteiger partial charge in [-0.15, -0.1) is 0 Å². The van der Waals surface area contributed by atoms with E-state index in [0.717, 1.165) is 23.1 Å². The zero-order chi connectivity index (χ0) is 16.5. The molecule has 1 N–H and O–H groups in total. The second-order valence-electron chi connectivity index (χ2n) is 5.47. The van der Waals surface area contributed by atoms with Crippen molar-refractivity contribution < 1.29 is 9.59 Å². The highest BCUT2D eigenvalue weighted by Gasteiger charge is 2.11. The monoisotopic (exact) mass is 369 g/mol. The highest BCUT2D eigenvalue weighted by Crippen LogP contribution is 2.14. The molecule has 0 aliphatic carbocycles. The van der Waals surface area contributed by atoms with Crippen molar-refractivity contribution in [1.82, 2.24) is 9.80 Å². The van der Waals surface area contributed by atoms with Gasteiger partial charge in [-0.3, -0.25) is 9.59 Å². The van der Waals surface area contributed by atoms with Gasteiger partial charge in [0.25, 0.3) is 0 Å². The van der Waals surface area contributed by atoms with Crippen molar-refractivity contribution in [3.8, 4) is 0 Å². The fraction of sp³-hybridized carbons (Fsp3) is 0.500. The number of benzene rings is 1. The van der Waals surface area contributed by atoms with E-state index < -0.39 is 0 Å². The maximum Gasteiger partial charge on any atom is 0.226 e. The Balaban J connectivity index is 2.38. The third kappa shape index (κ3) is 7.56. The number of hydrogen-bond donors (Lipinski definition) is 1. The number of amides is 2. The third-order valence-electron chi connectivity index (χ3n) is 3.22. The first-order valence-corrected chi connectivity index (χ1v) is 8.13. The molecular weight excluding hydrogens is 346 g/mol. The quantitative estimate of drug-likeness (QED) is 0.765. The molecule has 0 aliphatic rings. The Morgan fingerprint density at radius 2 is 1.73 bits per heavy atom. The fourth-order valence-electron chi connectivity index (χ4n) is 2.00. The van der Waals surface area contributed by atoms with Crippen LogP contribution < -0.4 is 5.32 Å². The van der Waals surface area contributed by atoms with Crippen LogP contribution in [0.1, 0.15) is 19.8 Å². The van der Waals surface area contributed by atoms with Crippen LogP contribution >= 0.6 is 15.9 Å². The number of hydrogen-bond acceptors (Lipinski definition) is 3. The van der Waals surface area contributed by atoms with E-state index in [0.29, 0.717) is 19.5 Å². The van der Waals surface area contributed by atoms with Gasteiger partial charge < -0.3 is 15.1 Å². The van der Waals surface area contributed by atoms with E-state index in [9.17, 15) is 9.59 Å². The lowest BCUT2D eigenvalue weighted by molar-refractivity contribution is -0.129. The van der Waals surface area contributed by atoms with Crippen LogP contribution in [-0.2, 0) is 9.59 Å². The molecule has 0 aromatic heterocycles. The van der Waals surface area contributed by atoms with Crippen LogP contribution in [-0.4, -0.2) is 55.3 Å². The molecule has 6 heteroatoms. The third-order valence-corrected chi connectivity index (χ3v) is 3.74. The summed E-state index contributed by atoms with van der Waals surface area (Å²) >= 11 is 3.35. The zero-order valence-corrected chi connectivity index (χ0v) is 15.0.